The summed E-state index contributed by atoms with van der Waals surface area (Å²) in [5, 5.41) is 1.42. The van der Waals surface area contributed by atoms with Crippen LogP contribution in [-0.2, 0) is 9.53 Å². The van der Waals surface area contributed by atoms with Crippen molar-refractivity contribution in [2.24, 2.45) is 11.3 Å². The maximum atomic E-state index is 12.3. The highest BCUT2D eigenvalue weighted by Gasteiger charge is 2.61. The molecule has 25 heavy (non-hydrogen) atoms. The standard InChI is InChI=1S/C22H40O2Si/c1-6-7-8-9-10-11-12-13-14-15-16-19-22(2)17-18(25(3,4)5)20(22)21(23)24-19/h17,19-20H,6-16H2,1-5H3/t19-,20+,22-/m1/s1. The van der Waals surface area contributed by atoms with Gasteiger partial charge in [0.15, 0.2) is 0 Å². The fourth-order valence-corrected chi connectivity index (χ4v) is 6.61. The molecule has 1 aliphatic carbocycles. The molecule has 1 aliphatic heterocycles. The smallest absolute Gasteiger partial charge is 0.314 e. The van der Waals surface area contributed by atoms with Crippen LogP contribution in [0.3, 0.4) is 0 Å². The van der Waals surface area contributed by atoms with Gasteiger partial charge in [-0.05, 0) is 12.8 Å². The van der Waals surface area contributed by atoms with Gasteiger partial charge in [0.05, 0.1) is 14.0 Å². The van der Waals surface area contributed by atoms with E-state index in [2.05, 4.69) is 39.6 Å². The van der Waals surface area contributed by atoms with Crippen LogP contribution in [0, 0.1) is 11.3 Å². The third-order valence-corrected chi connectivity index (χ3v) is 8.44. The van der Waals surface area contributed by atoms with Crippen molar-refractivity contribution in [2.45, 2.75) is 110 Å². The summed E-state index contributed by atoms with van der Waals surface area (Å²) < 4.78 is 5.79. The van der Waals surface area contributed by atoms with Crippen molar-refractivity contribution < 1.29 is 9.53 Å². The number of ether oxygens (including phenoxy) is 1. The molecule has 1 heterocycles. The Balaban J connectivity index is 1.63. The average molecular weight is 365 g/mol. The fraction of sp³-hybridized carbons (Fsp3) is 0.864. The summed E-state index contributed by atoms with van der Waals surface area (Å²) in [4.78, 5) is 12.3. The monoisotopic (exact) mass is 364 g/mol. The fourth-order valence-electron chi connectivity index (χ4n) is 4.57. The molecule has 3 atom stereocenters. The van der Waals surface area contributed by atoms with Crippen molar-refractivity contribution in [1.29, 1.82) is 0 Å². The zero-order valence-corrected chi connectivity index (χ0v) is 18.3. The summed E-state index contributed by atoms with van der Waals surface area (Å²) in [5.41, 5.74) is -0.00796. The van der Waals surface area contributed by atoms with Crippen LogP contribution in [0.1, 0.15) is 84.5 Å². The third kappa shape index (κ3) is 4.99. The number of carbonyl (C=O) groups is 1. The molecule has 0 amide bonds. The minimum absolute atomic E-state index is 0.00796. The van der Waals surface area contributed by atoms with E-state index in [0.29, 0.717) is 0 Å². The SMILES string of the molecule is CCCCCCCCCCCC[C@H]1OC(=O)[C@@H]2C([Si](C)(C)C)=C[C@@]21C. The summed E-state index contributed by atoms with van der Waals surface area (Å²) >= 11 is 0. The Morgan fingerprint density at radius 1 is 0.960 bits per heavy atom. The predicted octanol–water partition coefficient (Wildman–Crippen LogP) is 6.66. The van der Waals surface area contributed by atoms with Gasteiger partial charge < -0.3 is 4.74 Å². The lowest BCUT2D eigenvalue weighted by molar-refractivity contribution is -0.143. The maximum absolute atomic E-state index is 12.3. The molecule has 2 aliphatic rings. The van der Waals surface area contributed by atoms with E-state index in [-0.39, 0.29) is 23.4 Å². The minimum atomic E-state index is -1.38. The van der Waals surface area contributed by atoms with Gasteiger partial charge >= 0.3 is 5.97 Å². The Morgan fingerprint density at radius 3 is 2.00 bits per heavy atom. The van der Waals surface area contributed by atoms with Gasteiger partial charge in [0.2, 0.25) is 0 Å². The topological polar surface area (TPSA) is 26.3 Å². The van der Waals surface area contributed by atoms with Crippen LogP contribution in [0.25, 0.3) is 0 Å². The first-order valence-corrected chi connectivity index (χ1v) is 14.2. The highest BCUT2D eigenvalue weighted by Crippen LogP contribution is 2.57. The minimum Gasteiger partial charge on any atom is -0.461 e. The van der Waals surface area contributed by atoms with E-state index < -0.39 is 8.07 Å². The number of fused-ring (bicyclic) bond motifs is 1. The molecule has 3 heteroatoms. The van der Waals surface area contributed by atoms with Crippen molar-refractivity contribution in [3.05, 3.63) is 11.3 Å². The Hall–Kier alpha value is -0.573. The second kappa shape index (κ2) is 8.88. The van der Waals surface area contributed by atoms with Crippen LogP contribution in [-0.4, -0.2) is 20.1 Å². The van der Waals surface area contributed by atoms with Gasteiger partial charge in [-0.3, -0.25) is 4.79 Å². The van der Waals surface area contributed by atoms with Gasteiger partial charge in [0, 0.05) is 5.41 Å². The summed E-state index contributed by atoms with van der Waals surface area (Å²) in [7, 11) is -1.38. The van der Waals surface area contributed by atoms with Crippen LogP contribution < -0.4 is 0 Å². The zero-order chi connectivity index (χ0) is 18.5. The Morgan fingerprint density at radius 2 is 1.48 bits per heavy atom. The molecule has 144 valence electrons. The third-order valence-electron chi connectivity index (χ3n) is 6.27. The van der Waals surface area contributed by atoms with Gasteiger partial charge in [-0.2, -0.15) is 0 Å². The number of carbonyl (C=O) groups excluding carboxylic acids is 1. The lowest BCUT2D eigenvalue weighted by atomic mass is 9.65. The number of cyclic esters (lactones) is 1. The van der Waals surface area contributed by atoms with Gasteiger partial charge in [-0.15, -0.1) is 0 Å². The number of hydrogen-bond donors (Lipinski definition) is 0. The van der Waals surface area contributed by atoms with Crippen molar-refractivity contribution in [2.75, 3.05) is 0 Å². The summed E-state index contributed by atoms with van der Waals surface area (Å²) in [6, 6.07) is 0. The normalized spacial score (nSPS) is 28.4. The number of hydrogen-bond acceptors (Lipinski definition) is 2. The van der Waals surface area contributed by atoms with Crippen LogP contribution in [0.4, 0.5) is 0 Å². The van der Waals surface area contributed by atoms with E-state index in [4.69, 9.17) is 4.74 Å². The van der Waals surface area contributed by atoms with E-state index in [0.717, 1.165) is 6.42 Å². The quantitative estimate of drug-likeness (QED) is 0.220. The zero-order valence-electron chi connectivity index (χ0n) is 17.3. The number of esters is 1. The van der Waals surface area contributed by atoms with Crippen molar-refractivity contribution in [3.8, 4) is 0 Å². The highest BCUT2D eigenvalue weighted by molar-refractivity contribution is 6.83. The second-order valence-electron chi connectivity index (χ2n) is 9.54. The summed E-state index contributed by atoms with van der Waals surface area (Å²) in [6.45, 7) is 11.5. The maximum Gasteiger partial charge on any atom is 0.314 e. The molecule has 2 nitrogen and oxygen atoms in total. The molecular formula is C22H40O2Si. The van der Waals surface area contributed by atoms with Crippen LogP contribution >= 0.6 is 0 Å². The Kier molecular flexibility index (Phi) is 7.37. The highest BCUT2D eigenvalue weighted by atomic mass is 28.3. The summed E-state index contributed by atoms with van der Waals surface area (Å²) in [6.07, 6.45) is 17.1. The Bertz CT molecular complexity index is 477. The predicted molar refractivity (Wildman–Crippen MR) is 109 cm³/mol. The molecule has 1 fully saturated rings. The average Bonchev–Trinajstić information content (AvgIpc) is 2.68. The van der Waals surface area contributed by atoms with Crippen molar-refractivity contribution in [3.63, 3.8) is 0 Å². The molecule has 2 rings (SSSR count). The van der Waals surface area contributed by atoms with E-state index in [1.165, 1.54) is 69.4 Å². The van der Waals surface area contributed by atoms with E-state index in [1.54, 1.807) is 0 Å². The van der Waals surface area contributed by atoms with Crippen LogP contribution in [0.5, 0.6) is 0 Å². The molecule has 0 aromatic carbocycles. The van der Waals surface area contributed by atoms with Gasteiger partial charge in [0.25, 0.3) is 0 Å². The molecule has 0 spiro atoms. The molecule has 0 N–H and O–H groups in total. The molecule has 0 saturated carbocycles. The summed E-state index contributed by atoms with van der Waals surface area (Å²) in [5.74, 6) is 0.131. The van der Waals surface area contributed by atoms with Gasteiger partial charge in [-0.25, -0.2) is 0 Å². The molecule has 0 bridgehead atoms. The lowest BCUT2D eigenvalue weighted by Crippen LogP contribution is -2.48. The van der Waals surface area contributed by atoms with Crippen LogP contribution in [0.2, 0.25) is 19.6 Å². The molecular weight excluding hydrogens is 324 g/mol. The lowest BCUT2D eigenvalue weighted by Gasteiger charge is -2.44. The first-order chi connectivity index (χ1) is 11.8. The van der Waals surface area contributed by atoms with E-state index in [1.807, 2.05) is 0 Å². The molecule has 0 aromatic rings. The number of unbranched alkanes of at least 4 members (excludes halogenated alkanes) is 9. The first kappa shape index (κ1) is 20.7. The van der Waals surface area contributed by atoms with Crippen molar-refractivity contribution >= 4 is 14.0 Å². The second-order valence-corrected chi connectivity index (χ2v) is 14.6. The van der Waals surface area contributed by atoms with Crippen LogP contribution in [0.15, 0.2) is 11.3 Å². The van der Waals surface area contributed by atoms with Crippen molar-refractivity contribution in [1.82, 2.24) is 0 Å². The molecule has 0 aromatic heterocycles. The first-order valence-electron chi connectivity index (χ1n) is 10.7. The Labute approximate surface area is 156 Å². The largest absolute Gasteiger partial charge is 0.461 e. The molecule has 0 radical (unpaired) electrons. The van der Waals surface area contributed by atoms with E-state index in [9.17, 15) is 4.79 Å². The van der Waals surface area contributed by atoms with E-state index >= 15 is 0 Å². The van der Waals surface area contributed by atoms with Gasteiger partial charge in [-0.1, -0.05) is 103 Å². The molecule has 1 saturated heterocycles. The van der Waals surface area contributed by atoms with Gasteiger partial charge in [0.1, 0.15) is 6.10 Å². The number of rotatable bonds is 12. The molecule has 0 unspecified atom stereocenters.